The first-order valence-corrected chi connectivity index (χ1v) is 25.6. The number of primary amides is 1. The van der Waals surface area contributed by atoms with Gasteiger partial charge in [-0.1, -0.05) is 82.0 Å². The average molecular weight is 1040 g/mol. The number of benzene rings is 2. The van der Waals surface area contributed by atoms with Crippen molar-refractivity contribution in [2.24, 2.45) is 5.73 Å². The number of nitrogens with one attached hydrogen (secondary N) is 5. The van der Waals surface area contributed by atoms with Crippen molar-refractivity contribution in [2.45, 2.75) is 177 Å². The number of nitrogens with zero attached hydrogens (tertiary/aromatic N) is 2. The second-order valence-electron chi connectivity index (χ2n) is 19.3. The van der Waals surface area contributed by atoms with Crippen LogP contribution in [0.3, 0.4) is 0 Å². The number of amides is 8. The Labute approximate surface area is 429 Å². The molecule has 23 heteroatoms. The molecule has 0 aliphatic carbocycles. The smallest absolute Gasteiger partial charge is 0.248 e. The number of hydrogen-bond acceptors (Lipinski definition) is 15. The third-order valence-electron chi connectivity index (χ3n) is 13.6. The zero-order valence-corrected chi connectivity index (χ0v) is 42.0. The van der Waals surface area contributed by atoms with Crippen LogP contribution in [0, 0.1) is 0 Å². The molecule has 2 aromatic carbocycles. The van der Waals surface area contributed by atoms with Gasteiger partial charge in [0.15, 0.2) is 6.23 Å². The fourth-order valence-electron chi connectivity index (χ4n) is 9.46. The van der Waals surface area contributed by atoms with Crippen LogP contribution in [0.1, 0.15) is 115 Å². The second kappa shape index (κ2) is 28.4. The van der Waals surface area contributed by atoms with E-state index in [-0.39, 0.29) is 50.1 Å². The third kappa shape index (κ3) is 16.4. The van der Waals surface area contributed by atoms with Gasteiger partial charge in [-0.2, -0.15) is 0 Å². The van der Waals surface area contributed by atoms with Gasteiger partial charge in [-0.3, -0.25) is 38.4 Å². The maximum atomic E-state index is 14.6. The standard InChI is InChI=1S/C51H74N8O15/c1-3-5-6-7-11-18-40(65)53-34-26-38(63)49(74-24-13-16-29-14-9-8-10-15-29)57-46(69)35-17-12-23-58(35)51(73)41(37(62)27-39(52)64)55-48(71)42(44(67)43(66)30-19-21-31(60)22-20-30)56-47(70)36-25-32(61)28-59(36)50(72)33(4-2)54-45(34)68/h8-10,14-15,19-22,32-38,41-44,49,60-63,66-67H,3-7,11-13,16-18,23-28H2,1-2H3,(H2,52,64)(H,53,65)(H,54,68)(H,55,71)(H,56,70)(H,57,69)/t32-,33?,34?,35?,36?,37-,38-,41?,42?,43+,44?,49?/m1/s1. The first-order chi connectivity index (χ1) is 35.3. The highest BCUT2D eigenvalue weighted by atomic mass is 16.5. The van der Waals surface area contributed by atoms with Crippen molar-refractivity contribution >= 4 is 47.3 Å². The molecule has 3 fully saturated rings. The summed E-state index contributed by atoms with van der Waals surface area (Å²) in [4.78, 5) is 114. The van der Waals surface area contributed by atoms with Crippen LogP contribution < -0.4 is 32.3 Å². The minimum atomic E-state index is -2.27. The molecule has 3 aliphatic rings. The van der Waals surface area contributed by atoms with E-state index in [0.29, 0.717) is 19.3 Å². The Morgan fingerprint density at radius 1 is 0.770 bits per heavy atom. The SMILES string of the molecule is CCCCCCCC(=O)NC1C[C@@H](O)C(OCCCc2ccccc2)NC(=O)C2CCCN2C(=O)C([C@H](O)CC(N)=O)NC(=O)C(C(O)[C@@H](O)c2ccc(O)cc2)NC(=O)C2C[C@@H](O)CN2C(=O)C(CC)NC1=O. The molecule has 12 atom stereocenters. The number of aromatic hydroxyl groups is 1. The molecule has 3 heterocycles. The molecule has 0 bridgehead atoms. The summed E-state index contributed by atoms with van der Waals surface area (Å²) in [5.41, 5.74) is 6.35. The van der Waals surface area contributed by atoms with E-state index in [1.54, 1.807) is 6.92 Å². The number of unbranched alkanes of at least 4 members (excludes halogenated alkanes) is 4. The molecule has 3 saturated heterocycles. The van der Waals surface area contributed by atoms with Crippen LogP contribution in [0.25, 0.3) is 0 Å². The van der Waals surface area contributed by atoms with E-state index >= 15 is 0 Å². The summed E-state index contributed by atoms with van der Waals surface area (Å²) in [7, 11) is 0. The van der Waals surface area contributed by atoms with E-state index in [9.17, 15) is 69.0 Å². The number of fused-ring (bicyclic) bond motifs is 2. The lowest BCUT2D eigenvalue weighted by Gasteiger charge is -2.34. The average Bonchev–Trinajstić information content (AvgIpc) is 4.03. The van der Waals surface area contributed by atoms with Crippen LogP contribution >= 0.6 is 0 Å². The number of rotatable bonds is 19. The van der Waals surface area contributed by atoms with Crippen molar-refractivity contribution in [1.82, 2.24) is 36.4 Å². The summed E-state index contributed by atoms with van der Waals surface area (Å²) in [5, 5.41) is 79.8. The fraction of sp³-hybridized carbons (Fsp3) is 0.608. The van der Waals surface area contributed by atoms with Crippen molar-refractivity contribution in [3.8, 4) is 5.75 Å². The first kappa shape index (κ1) is 58.6. The Morgan fingerprint density at radius 3 is 2.12 bits per heavy atom. The van der Waals surface area contributed by atoms with Crippen molar-refractivity contribution in [2.75, 3.05) is 19.7 Å². The predicted octanol–water partition coefficient (Wildman–Crippen LogP) is -1.46. The minimum Gasteiger partial charge on any atom is -0.508 e. The largest absolute Gasteiger partial charge is 0.508 e. The molecule has 74 heavy (non-hydrogen) atoms. The van der Waals surface area contributed by atoms with Crippen LogP contribution in [-0.4, -0.2) is 174 Å². The molecule has 13 N–H and O–H groups in total. The van der Waals surface area contributed by atoms with Crippen LogP contribution in [0.4, 0.5) is 0 Å². The quantitative estimate of drug-likeness (QED) is 0.0716. The summed E-state index contributed by atoms with van der Waals surface area (Å²) in [6.07, 6.45) is -7.62. The molecular weight excluding hydrogens is 965 g/mol. The molecule has 3 aliphatic heterocycles. The summed E-state index contributed by atoms with van der Waals surface area (Å²) < 4.78 is 6.12. The van der Waals surface area contributed by atoms with Crippen molar-refractivity contribution in [3.63, 3.8) is 0 Å². The van der Waals surface area contributed by atoms with E-state index in [4.69, 9.17) is 10.5 Å². The Morgan fingerprint density at radius 2 is 1.45 bits per heavy atom. The highest BCUT2D eigenvalue weighted by Gasteiger charge is 2.47. The van der Waals surface area contributed by atoms with Gasteiger partial charge in [0.2, 0.25) is 47.3 Å². The number of nitrogens with two attached hydrogens (primary N) is 1. The van der Waals surface area contributed by atoms with Crippen LogP contribution in [0.2, 0.25) is 0 Å². The molecule has 8 amide bonds. The molecule has 5 rings (SSSR count). The molecule has 23 nitrogen and oxygen atoms in total. The van der Waals surface area contributed by atoms with Gasteiger partial charge >= 0.3 is 0 Å². The van der Waals surface area contributed by atoms with Crippen LogP contribution in [0.15, 0.2) is 54.6 Å². The van der Waals surface area contributed by atoms with Gasteiger partial charge in [0.1, 0.15) is 60.3 Å². The van der Waals surface area contributed by atoms with Gasteiger partial charge in [0.25, 0.3) is 0 Å². The summed E-state index contributed by atoms with van der Waals surface area (Å²) in [6.45, 7) is 3.00. The number of phenolic OH excluding ortho intramolecular Hbond substituents is 1. The number of carbonyl (C=O) groups excluding carboxylic acids is 8. The lowest BCUT2D eigenvalue weighted by atomic mass is 9.96. The van der Waals surface area contributed by atoms with E-state index in [2.05, 4.69) is 26.6 Å². The maximum Gasteiger partial charge on any atom is 0.248 e. The number of aliphatic hydroxyl groups is 5. The normalized spacial score (nSPS) is 26.8. The van der Waals surface area contributed by atoms with E-state index < -0.39 is 146 Å². The zero-order chi connectivity index (χ0) is 54.1. The predicted molar refractivity (Wildman–Crippen MR) is 264 cm³/mol. The highest BCUT2D eigenvalue weighted by Crippen LogP contribution is 2.26. The number of ether oxygens (including phenoxy) is 1. The molecule has 8 unspecified atom stereocenters. The topological polar surface area (TPSA) is 360 Å². The second-order valence-corrected chi connectivity index (χ2v) is 19.3. The number of hydrogen-bond donors (Lipinski definition) is 12. The Balaban J connectivity index is 1.57. The first-order valence-electron chi connectivity index (χ1n) is 25.6. The molecular formula is C51H74N8O15. The number of carbonyl (C=O) groups is 8. The van der Waals surface area contributed by atoms with Crippen molar-refractivity contribution in [3.05, 3.63) is 65.7 Å². The maximum absolute atomic E-state index is 14.6. The van der Waals surface area contributed by atoms with Crippen LogP contribution in [-0.2, 0) is 49.5 Å². The van der Waals surface area contributed by atoms with Crippen LogP contribution in [0.5, 0.6) is 5.75 Å². The summed E-state index contributed by atoms with van der Waals surface area (Å²) in [5.74, 6) is -8.14. The molecule has 408 valence electrons. The minimum absolute atomic E-state index is 0.0206. The van der Waals surface area contributed by atoms with E-state index in [0.717, 1.165) is 41.0 Å². The van der Waals surface area contributed by atoms with Gasteiger partial charge in [0.05, 0.1) is 18.6 Å². The summed E-state index contributed by atoms with van der Waals surface area (Å²) in [6, 6.07) is 4.04. The van der Waals surface area contributed by atoms with Gasteiger partial charge in [-0.05, 0) is 61.8 Å². The number of aliphatic hydroxyl groups excluding tert-OH is 5. The molecule has 0 aromatic heterocycles. The zero-order valence-electron chi connectivity index (χ0n) is 42.0. The van der Waals surface area contributed by atoms with E-state index in [1.165, 1.54) is 24.3 Å². The molecule has 0 spiro atoms. The van der Waals surface area contributed by atoms with Crippen molar-refractivity contribution in [1.29, 1.82) is 0 Å². The fourth-order valence-corrected chi connectivity index (χ4v) is 9.46. The third-order valence-corrected chi connectivity index (χ3v) is 13.6. The van der Waals surface area contributed by atoms with Gasteiger partial charge in [-0.25, -0.2) is 0 Å². The molecule has 0 saturated carbocycles. The molecule has 0 radical (unpaired) electrons. The number of phenols is 1. The van der Waals surface area contributed by atoms with Crippen molar-refractivity contribution < 1.29 is 73.7 Å². The summed E-state index contributed by atoms with van der Waals surface area (Å²) >= 11 is 0. The van der Waals surface area contributed by atoms with Gasteiger partial charge in [0, 0.05) is 39.0 Å². The Hall–Kier alpha value is -6.24. The monoisotopic (exact) mass is 1040 g/mol. The Kier molecular flexibility index (Phi) is 22.5. The van der Waals surface area contributed by atoms with E-state index in [1.807, 2.05) is 37.3 Å². The lowest BCUT2D eigenvalue weighted by molar-refractivity contribution is -0.148. The highest BCUT2D eigenvalue weighted by molar-refractivity contribution is 5.98. The lowest BCUT2D eigenvalue weighted by Crippen LogP contribution is -2.64. The number of aryl methyl sites for hydroxylation is 1. The van der Waals surface area contributed by atoms with Gasteiger partial charge < -0.3 is 77.5 Å². The molecule has 2 aromatic rings. The van der Waals surface area contributed by atoms with Gasteiger partial charge in [-0.15, -0.1) is 0 Å². The Bertz CT molecular complexity index is 2220.